The summed E-state index contributed by atoms with van der Waals surface area (Å²) in [5, 5.41) is 19.2. The molecular weight excluding hydrogens is 451 g/mol. The van der Waals surface area contributed by atoms with Crippen LogP contribution in [0.3, 0.4) is 0 Å². The molecule has 8 nitrogen and oxygen atoms in total. The normalized spacial score (nSPS) is 17.7. The average Bonchev–Trinajstić information content (AvgIpc) is 3.23. The molecule has 0 aliphatic carbocycles. The van der Waals surface area contributed by atoms with Gasteiger partial charge in [-0.05, 0) is 72.6 Å². The fraction of sp³-hybridized carbons (Fsp3) is 0.409. The molecule has 0 radical (unpaired) electrons. The van der Waals surface area contributed by atoms with Crippen LogP contribution in [0.25, 0.3) is 5.69 Å². The van der Waals surface area contributed by atoms with Crippen LogP contribution in [0.15, 0.2) is 42.5 Å². The number of methoxy groups -OCH3 is 2. The maximum absolute atomic E-state index is 5.59. The van der Waals surface area contributed by atoms with Gasteiger partial charge in [-0.15, -0.1) is 29.9 Å². The summed E-state index contributed by atoms with van der Waals surface area (Å²) in [7, 11) is 3.39. The predicted octanol–water partition coefficient (Wildman–Crippen LogP) is 3.41. The van der Waals surface area contributed by atoms with Crippen LogP contribution in [0, 0.1) is 6.92 Å². The predicted molar refractivity (Wildman–Crippen MR) is 129 cm³/mol. The molecule has 1 aromatic heterocycles. The molecule has 174 valence electrons. The van der Waals surface area contributed by atoms with Gasteiger partial charge in [0.15, 0.2) is 5.82 Å². The molecule has 0 saturated carbocycles. The smallest absolute Gasteiger partial charge is 0.153 e. The van der Waals surface area contributed by atoms with E-state index in [0.717, 1.165) is 48.0 Å². The molecular formula is C22H30Cl2N6O2. The third-order valence-corrected chi connectivity index (χ3v) is 5.62. The molecule has 3 aromatic rings. The van der Waals surface area contributed by atoms with E-state index in [4.69, 9.17) is 9.47 Å². The standard InChI is InChI=1S/C22H28N6O2.2ClH/c1-15-25-26-27-28(15)18-8-11-21(30-3)17(13-18)14-24-20-5-4-12-23-22(20)16-6-9-19(29-2)10-7-16;;/h6-11,13,20,22-24H,4-5,12,14H2,1-3H3;2*1H/t20-,22-;;/m1../s1. The molecule has 2 atom stereocenters. The van der Waals surface area contributed by atoms with Crippen molar-refractivity contribution in [3.05, 3.63) is 59.4 Å². The number of nitrogens with zero attached hydrogens (tertiary/aromatic N) is 4. The Morgan fingerprint density at radius 1 is 1.09 bits per heavy atom. The number of nitrogens with one attached hydrogen (secondary N) is 2. The van der Waals surface area contributed by atoms with Gasteiger partial charge in [0, 0.05) is 24.2 Å². The Hall–Kier alpha value is -2.39. The lowest BCUT2D eigenvalue weighted by Crippen LogP contribution is -2.45. The second-order valence-electron chi connectivity index (χ2n) is 7.47. The molecule has 2 aromatic carbocycles. The minimum absolute atomic E-state index is 0. The molecule has 10 heteroatoms. The van der Waals surface area contributed by atoms with E-state index in [-0.39, 0.29) is 30.9 Å². The fourth-order valence-corrected chi connectivity index (χ4v) is 4.02. The third-order valence-electron chi connectivity index (χ3n) is 5.62. The zero-order valence-corrected chi connectivity index (χ0v) is 20.1. The second-order valence-corrected chi connectivity index (χ2v) is 7.47. The van der Waals surface area contributed by atoms with Gasteiger partial charge in [0.05, 0.1) is 19.9 Å². The lowest BCUT2D eigenvalue weighted by Gasteiger charge is -2.34. The Kier molecular flexibility index (Phi) is 9.71. The first kappa shape index (κ1) is 25.9. The van der Waals surface area contributed by atoms with Crippen molar-refractivity contribution in [2.45, 2.75) is 38.4 Å². The quantitative estimate of drug-likeness (QED) is 0.535. The summed E-state index contributed by atoms with van der Waals surface area (Å²) >= 11 is 0. The number of piperidine rings is 1. The van der Waals surface area contributed by atoms with E-state index >= 15 is 0 Å². The Bertz CT molecular complexity index is 983. The van der Waals surface area contributed by atoms with Crippen molar-refractivity contribution in [2.24, 2.45) is 0 Å². The van der Waals surface area contributed by atoms with Gasteiger partial charge >= 0.3 is 0 Å². The van der Waals surface area contributed by atoms with Gasteiger partial charge in [0.2, 0.25) is 0 Å². The van der Waals surface area contributed by atoms with Crippen molar-refractivity contribution in [1.29, 1.82) is 0 Å². The first-order chi connectivity index (χ1) is 14.7. The molecule has 0 amide bonds. The van der Waals surface area contributed by atoms with E-state index in [2.05, 4.69) is 44.4 Å². The van der Waals surface area contributed by atoms with Crippen LogP contribution in [-0.4, -0.2) is 47.0 Å². The van der Waals surface area contributed by atoms with Gasteiger partial charge < -0.3 is 20.1 Å². The topological polar surface area (TPSA) is 86.1 Å². The lowest BCUT2D eigenvalue weighted by atomic mass is 9.92. The van der Waals surface area contributed by atoms with Crippen LogP contribution in [0.2, 0.25) is 0 Å². The first-order valence-corrected chi connectivity index (χ1v) is 10.2. The lowest BCUT2D eigenvalue weighted by molar-refractivity contribution is 0.302. The van der Waals surface area contributed by atoms with Crippen molar-refractivity contribution in [2.75, 3.05) is 20.8 Å². The molecule has 0 unspecified atom stereocenters. The highest BCUT2D eigenvalue weighted by Crippen LogP contribution is 2.27. The Morgan fingerprint density at radius 3 is 2.53 bits per heavy atom. The molecule has 4 rings (SSSR count). The molecule has 2 heterocycles. The molecule has 0 spiro atoms. The van der Waals surface area contributed by atoms with E-state index in [1.807, 2.05) is 31.2 Å². The van der Waals surface area contributed by atoms with E-state index in [1.165, 1.54) is 5.56 Å². The van der Waals surface area contributed by atoms with E-state index in [0.29, 0.717) is 12.6 Å². The summed E-state index contributed by atoms with van der Waals surface area (Å²) in [6.45, 7) is 3.60. The van der Waals surface area contributed by atoms with Crippen LogP contribution < -0.4 is 20.1 Å². The zero-order chi connectivity index (χ0) is 20.9. The summed E-state index contributed by atoms with van der Waals surface area (Å²) in [5.41, 5.74) is 3.26. The van der Waals surface area contributed by atoms with Crippen molar-refractivity contribution < 1.29 is 9.47 Å². The maximum atomic E-state index is 5.59. The Balaban J connectivity index is 0.00000181. The molecule has 0 bridgehead atoms. The summed E-state index contributed by atoms with van der Waals surface area (Å²) < 4.78 is 12.6. The average molecular weight is 481 g/mol. The van der Waals surface area contributed by atoms with Gasteiger partial charge in [-0.1, -0.05) is 12.1 Å². The van der Waals surface area contributed by atoms with Gasteiger partial charge in [-0.3, -0.25) is 0 Å². The zero-order valence-electron chi connectivity index (χ0n) is 18.4. The van der Waals surface area contributed by atoms with Gasteiger partial charge in [0.25, 0.3) is 0 Å². The summed E-state index contributed by atoms with van der Waals surface area (Å²) in [6, 6.07) is 14.9. The first-order valence-electron chi connectivity index (χ1n) is 10.2. The number of aromatic nitrogens is 4. The minimum Gasteiger partial charge on any atom is -0.497 e. The largest absolute Gasteiger partial charge is 0.497 e. The van der Waals surface area contributed by atoms with Crippen LogP contribution in [0.5, 0.6) is 11.5 Å². The highest BCUT2D eigenvalue weighted by atomic mass is 35.5. The second kappa shape index (κ2) is 12.0. The van der Waals surface area contributed by atoms with Crippen molar-refractivity contribution in [3.63, 3.8) is 0 Å². The number of halogens is 2. The highest BCUT2D eigenvalue weighted by molar-refractivity contribution is 5.85. The molecule has 1 aliphatic rings. The van der Waals surface area contributed by atoms with Crippen molar-refractivity contribution >= 4 is 24.8 Å². The summed E-state index contributed by atoms with van der Waals surface area (Å²) in [4.78, 5) is 0. The summed E-state index contributed by atoms with van der Waals surface area (Å²) in [6.07, 6.45) is 2.25. The number of hydrogen-bond acceptors (Lipinski definition) is 7. The fourth-order valence-electron chi connectivity index (χ4n) is 4.02. The van der Waals surface area contributed by atoms with Crippen LogP contribution in [0.1, 0.15) is 35.8 Å². The minimum atomic E-state index is 0. The van der Waals surface area contributed by atoms with E-state index in [1.54, 1.807) is 18.9 Å². The van der Waals surface area contributed by atoms with Gasteiger partial charge in [0.1, 0.15) is 11.5 Å². The molecule has 32 heavy (non-hydrogen) atoms. The Morgan fingerprint density at radius 2 is 1.88 bits per heavy atom. The molecule has 1 fully saturated rings. The SMILES string of the molecule is COc1ccc([C@H]2NCCC[C@H]2NCc2cc(-n3nnnc3C)ccc2OC)cc1.Cl.Cl. The van der Waals surface area contributed by atoms with Crippen LogP contribution in [-0.2, 0) is 6.54 Å². The highest BCUT2D eigenvalue weighted by Gasteiger charge is 2.26. The monoisotopic (exact) mass is 480 g/mol. The maximum Gasteiger partial charge on any atom is 0.153 e. The van der Waals surface area contributed by atoms with E-state index < -0.39 is 0 Å². The Labute approximate surface area is 200 Å². The number of ether oxygens (including phenoxy) is 2. The number of hydrogen-bond donors (Lipinski definition) is 2. The van der Waals surface area contributed by atoms with Crippen molar-refractivity contribution in [3.8, 4) is 17.2 Å². The van der Waals surface area contributed by atoms with Gasteiger partial charge in [-0.25, -0.2) is 0 Å². The number of tetrazole rings is 1. The van der Waals surface area contributed by atoms with Crippen molar-refractivity contribution in [1.82, 2.24) is 30.8 Å². The third kappa shape index (κ3) is 5.69. The van der Waals surface area contributed by atoms with Crippen LogP contribution >= 0.6 is 24.8 Å². The van der Waals surface area contributed by atoms with E-state index in [9.17, 15) is 0 Å². The number of benzene rings is 2. The molecule has 1 aliphatic heterocycles. The molecule has 1 saturated heterocycles. The number of aryl methyl sites for hydroxylation is 1. The van der Waals surface area contributed by atoms with Crippen LogP contribution in [0.4, 0.5) is 0 Å². The number of rotatable bonds is 7. The molecule has 2 N–H and O–H groups in total. The summed E-state index contributed by atoms with van der Waals surface area (Å²) in [5.74, 6) is 2.47. The van der Waals surface area contributed by atoms with Gasteiger partial charge in [-0.2, -0.15) is 4.68 Å².